The maximum atomic E-state index is 13.2. The zero-order chi connectivity index (χ0) is 22.1. The summed E-state index contributed by atoms with van der Waals surface area (Å²) < 4.78 is 29.0. The van der Waals surface area contributed by atoms with Crippen molar-refractivity contribution in [2.45, 2.75) is 6.54 Å². The lowest BCUT2D eigenvalue weighted by Crippen LogP contribution is -2.38. The van der Waals surface area contributed by atoms with E-state index in [9.17, 15) is 14.0 Å². The number of halogens is 1. The van der Waals surface area contributed by atoms with Crippen molar-refractivity contribution in [1.29, 1.82) is 0 Å². The van der Waals surface area contributed by atoms with Crippen LogP contribution in [0.15, 0.2) is 36.4 Å². The Hall–Kier alpha value is -3.33. The van der Waals surface area contributed by atoms with Crippen LogP contribution in [0, 0.1) is 5.82 Å². The molecule has 30 heavy (non-hydrogen) atoms. The van der Waals surface area contributed by atoms with Crippen LogP contribution in [-0.4, -0.2) is 58.2 Å². The van der Waals surface area contributed by atoms with Crippen molar-refractivity contribution in [2.75, 3.05) is 46.8 Å². The number of ether oxygens (including phenoxy) is 3. The van der Waals surface area contributed by atoms with Crippen molar-refractivity contribution in [3.05, 3.63) is 47.8 Å². The molecule has 0 unspecified atom stereocenters. The molecule has 2 aromatic carbocycles. The highest BCUT2D eigenvalue weighted by molar-refractivity contribution is 5.92. The van der Waals surface area contributed by atoms with Crippen LogP contribution >= 0.6 is 0 Å². The van der Waals surface area contributed by atoms with Gasteiger partial charge in [-0.25, -0.2) is 4.39 Å². The summed E-state index contributed by atoms with van der Waals surface area (Å²) in [6.45, 7) is 0.244. The molecule has 2 aromatic rings. The van der Waals surface area contributed by atoms with Crippen molar-refractivity contribution in [1.82, 2.24) is 10.2 Å². The number of carbonyl (C=O) groups excluding carboxylic acids is 2. The molecule has 0 atom stereocenters. The molecule has 0 fully saturated rings. The third-order valence-corrected chi connectivity index (χ3v) is 4.15. The monoisotopic (exact) mass is 419 g/mol. The van der Waals surface area contributed by atoms with Gasteiger partial charge in [0.2, 0.25) is 17.6 Å². The Labute approximate surface area is 174 Å². The highest BCUT2D eigenvalue weighted by Gasteiger charge is 2.15. The number of anilines is 1. The summed E-state index contributed by atoms with van der Waals surface area (Å²) in [6, 6.07) is 9.11. The number of amides is 2. The van der Waals surface area contributed by atoms with Gasteiger partial charge >= 0.3 is 0 Å². The number of rotatable bonds is 10. The normalized spacial score (nSPS) is 10.5. The number of nitrogens with one attached hydrogen (secondary N) is 2. The van der Waals surface area contributed by atoms with E-state index in [1.54, 1.807) is 30.1 Å². The Kier molecular flexibility index (Phi) is 8.42. The number of likely N-dealkylation sites (N-methyl/N-ethyl adjacent to an activating group) is 1. The van der Waals surface area contributed by atoms with Crippen LogP contribution in [0.4, 0.5) is 10.1 Å². The molecule has 162 valence electrons. The van der Waals surface area contributed by atoms with E-state index in [2.05, 4.69) is 10.6 Å². The lowest BCUT2D eigenvalue weighted by Gasteiger charge is -2.17. The highest BCUT2D eigenvalue weighted by atomic mass is 19.1. The van der Waals surface area contributed by atoms with Crippen LogP contribution in [0.25, 0.3) is 0 Å². The Balaban J connectivity index is 1.86. The van der Waals surface area contributed by atoms with E-state index in [4.69, 9.17) is 14.2 Å². The second-order valence-electron chi connectivity index (χ2n) is 6.54. The minimum Gasteiger partial charge on any atom is -0.493 e. The Morgan fingerprint density at radius 1 is 0.967 bits per heavy atom. The van der Waals surface area contributed by atoms with Gasteiger partial charge in [0.1, 0.15) is 5.82 Å². The van der Waals surface area contributed by atoms with Crippen LogP contribution in [0.3, 0.4) is 0 Å². The minimum atomic E-state index is -0.438. The van der Waals surface area contributed by atoms with Crippen LogP contribution in [-0.2, 0) is 16.1 Å². The summed E-state index contributed by atoms with van der Waals surface area (Å²) in [5.74, 6) is 0.413. The third-order valence-electron chi connectivity index (χ3n) is 4.15. The molecule has 0 spiro atoms. The Bertz CT molecular complexity index is 866. The lowest BCUT2D eigenvalue weighted by atomic mass is 10.1. The molecule has 0 bridgehead atoms. The largest absolute Gasteiger partial charge is 0.493 e. The first-order valence-corrected chi connectivity index (χ1v) is 9.15. The summed E-state index contributed by atoms with van der Waals surface area (Å²) in [4.78, 5) is 25.8. The number of methoxy groups -OCH3 is 3. The van der Waals surface area contributed by atoms with Crippen molar-refractivity contribution >= 4 is 17.5 Å². The summed E-state index contributed by atoms with van der Waals surface area (Å²) in [5.41, 5.74) is 1.13. The van der Waals surface area contributed by atoms with Gasteiger partial charge in [-0.05, 0) is 42.9 Å². The minimum absolute atomic E-state index is 0.0149. The summed E-state index contributed by atoms with van der Waals surface area (Å²) in [6.07, 6.45) is 0. The Morgan fingerprint density at radius 3 is 2.17 bits per heavy atom. The first-order chi connectivity index (χ1) is 14.4. The van der Waals surface area contributed by atoms with Crippen LogP contribution < -0.4 is 24.8 Å². The lowest BCUT2D eigenvalue weighted by molar-refractivity contribution is -0.123. The molecule has 0 saturated carbocycles. The van der Waals surface area contributed by atoms with Gasteiger partial charge in [0.05, 0.1) is 34.4 Å². The number of nitrogens with zero attached hydrogens (tertiary/aromatic N) is 1. The molecule has 0 aliphatic heterocycles. The summed E-state index contributed by atoms with van der Waals surface area (Å²) in [5, 5.41) is 5.38. The van der Waals surface area contributed by atoms with E-state index in [1.807, 2.05) is 0 Å². The predicted octanol–water partition coefficient (Wildman–Crippen LogP) is 2.04. The zero-order valence-corrected chi connectivity index (χ0v) is 17.5. The molecule has 9 heteroatoms. The fraction of sp³-hybridized carbons (Fsp3) is 0.333. The average molecular weight is 419 g/mol. The molecular formula is C21H26FN3O5. The molecule has 2 rings (SSSR count). The Morgan fingerprint density at radius 2 is 1.60 bits per heavy atom. The van der Waals surface area contributed by atoms with Gasteiger partial charge in [-0.3, -0.25) is 14.5 Å². The highest BCUT2D eigenvalue weighted by Crippen LogP contribution is 2.38. The maximum Gasteiger partial charge on any atom is 0.238 e. The summed E-state index contributed by atoms with van der Waals surface area (Å²) >= 11 is 0. The first kappa shape index (κ1) is 23.0. The van der Waals surface area contributed by atoms with Gasteiger partial charge in [-0.15, -0.1) is 0 Å². The molecule has 2 amide bonds. The average Bonchev–Trinajstić information content (AvgIpc) is 2.71. The van der Waals surface area contributed by atoms with Gasteiger partial charge in [0, 0.05) is 12.2 Å². The third kappa shape index (κ3) is 6.63. The molecule has 8 nitrogen and oxygen atoms in total. The van der Waals surface area contributed by atoms with Gasteiger partial charge < -0.3 is 24.8 Å². The topological polar surface area (TPSA) is 89.1 Å². The summed E-state index contributed by atoms with van der Waals surface area (Å²) in [7, 11) is 6.19. The van der Waals surface area contributed by atoms with E-state index >= 15 is 0 Å². The molecule has 0 aliphatic rings. The number of hydrogen-bond donors (Lipinski definition) is 2. The van der Waals surface area contributed by atoms with E-state index in [-0.39, 0.29) is 31.4 Å². The molecule has 2 N–H and O–H groups in total. The second kappa shape index (κ2) is 11.0. The van der Waals surface area contributed by atoms with E-state index in [0.29, 0.717) is 22.9 Å². The fourth-order valence-electron chi connectivity index (χ4n) is 2.81. The number of carbonyl (C=O) groups is 2. The van der Waals surface area contributed by atoms with Crippen molar-refractivity contribution in [3.63, 3.8) is 0 Å². The van der Waals surface area contributed by atoms with E-state index in [1.165, 1.54) is 39.5 Å². The predicted molar refractivity (Wildman–Crippen MR) is 110 cm³/mol. The van der Waals surface area contributed by atoms with E-state index in [0.717, 1.165) is 5.56 Å². The molecule has 0 radical (unpaired) electrons. The van der Waals surface area contributed by atoms with Crippen molar-refractivity contribution in [2.24, 2.45) is 0 Å². The second-order valence-corrected chi connectivity index (χ2v) is 6.54. The van der Waals surface area contributed by atoms with Gasteiger partial charge in [-0.2, -0.15) is 0 Å². The molecule has 0 aliphatic carbocycles. The van der Waals surface area contributed by atoms with Gasteiger partial charge in [0.25, 0.3) is 0 Å². The number of benzene rings is 2. The van der Waals surface area contributed by atoms with Crippen LogP contribution in [0.1, 0.15) is 5.56 Å². The molecule has 0 heterocycles. The van der Waals surface area contributed by atoms with Gasteiger partial charge in [0.15, 0.2) is 11.5 Å². The molecule has 0 saturated heterocycles. The fourth-order valence-corrected chi connectivity index (χ4v) is 2.81. The first-order valence-electron chi connectivity index (χ1n) is 9.15. The molecule has 0 aromatic heterocycles. The van der Waals surface area contributed by atoms with Crippen molar-refractivity contribution < 1.29 is 28.2 Å². The SMILES string of the molecule is COc1cc(CNC(=O)CN(C)CC(=O)Nc2cccc(F)c2)cc(OC)c1OC. The quantitative estimate of drug-likeness (QED) is 0.613. The van der Waals surface area contributed by atoms with Crippen LogP contribution in [0.5, 0.6) is 17.2 Å². The maximum absolute atomic E-state index is 13.2. The number of hydrogen-bond acceptors (Lipinski definition) is 6. The van der Waals surface area contributed by atoms with Gasteiger partial charge in [-0.1, -0.05) is 6.07 Å². The standard InChI is InChI=1S/C21H26FN3O5/c1-25(13-20(27)24-16-7-5-6-15(22)10-16)12-19(26)23-11-14-8-17(28-2)21(30-4)18(9-14)29-3/h5-10H,11-13H2,1-4H3,(H,23,26)(H,24,27). The van der Waals surface area contributed by atoms with Crippen molar-refractivity contribution in [3.8, 4) is 17.2 Å². The van der Waals surface area contributed by atoms with E-state index < -0.39 is 5.82 Å². The smallest absolute Gasteiger partial charge is 0.238 e. The molecular weight excluding hydrogens is 393 g/mol. The zero-order valence-electron chi connectivity index (χ0n) is 17.5. The van der Waals surface area contributed by atoms with Crippen LogP contribution in [0.2, 0.25) is 0 Å².